The molecule has 0 spiro atoms. The van der Waals surface area contributed by atoms with Crippen LogP contribution in [0.3, 0.4) is 0 Å². The Morgan fingerprint density at radius 1 is 1.04 bits per heavy atom. The zero-order valence-corrected chi connectivity index (χ0v) is 15.4. The number of benzene rings is 2. The van der Waals surface area contributed by atoms with E-state index in [4.69, 9.17) is 14.0 Å². The molecular weight excluding hydrogens is 344 g/mol. The molecule has 6 nitrogen and oxygen atoms in total. The van der Waals surface area contributed by atoms with Crippen molar-refractivity contribution >= 4 is 5.91 Å². The molecule has 27 heavy (non-hydrogen) atoms. The van der Waals surface area contributed by atoms with E-state index in [1.54, 1.807) is 6.92 Å². The Morgan fingerprint density at radius 3 is 2.56 bits per heavy atom. The van der Waals surface area contributed by atoms with Crippen molar-refractivity contribution < 1.29 is 18.8 Å². The molecule has 0 bridgehead atoms. The van der Waals surface area contributed by atoms with Crippen LogP contribution in [0.5, 0.6) is 5.75 Å². The molecule has 0 aliphatic carbocycles. The Balaban J connectivity index is 1.46. The molecule has 3 rings (SSSR count). The molecule has 1 heterocycles. The highest BCUT2D eigenvalue weighted by Crippen LogP contribution is 2.24. The summed E-state index contributed by atoms with van der Waals surface area (Å²) in [5.41, 5.74) is 4.98. The molecule has 3 aromatic rings. The average Bonchev–Trinajstić information content (AvgIpc) is 3.03. The van der Waals surface area contributed by atoms with E-state index in [0.717, 1.165) is 16.9 Å². The number of hydrogen-bond acceptors (Lipinski definition) is 5. The summed E-state index contributed by atoms with van der Waals surface area (Å²) in [7, 11) is 0. The molecule has 1 N–H and O–H groups in total. The predicted molar refractivity (Wildman–Crippen MR) is 101 cm³/mol. The van der Waals surface area contributed by atoms with Gasteiger partial charge in [-0.2, -0.15) is 0 Å². The van der Waals surface area contributed by atoms with E-state index in [-0.39, 0.29) is 18.9 Å². The monoisotopic (exact) mass is 366 g/mol. The van der Waals surface area contributed by atoms with Gasteiger partial charge in [0.25, 0.3) is 0 Å². The van der Waals surface area contributed by atoms with E-state index in [9.17, 15) is 4.79 Å². The second-order valence-corrected chi connectivity index (χ2v) is 6.05. The van der Waals surface area contributed by atoms with Gasteiger partial charge >= 0.3 is 0 Å². The number of carbonyl (C=O) groups excluding carboxylic acids is 1. The minimum Gasteiger partial charge on any atom is -0.491 e. The molecule has 0 radical (unpaired) electrons. The predicted octanol–water partition coefficient (Wildman–Crippen LogP) is 3.63. The maximum atomic E-state index is 12.1. The lowest BCUT2D eigenvalue weighted by Gasteiger charge is -2.07. The van der Waals surface area contributed by atoms with Crippen molar-refractivity contribution in [1.29, 1.82) is 0 Å². The van der Waals surface area contributed by atoms with Crippen molar-refractivity contribution in [2.75, 3.05) is 13.2 Å². The van der Waals surface area contributed by atoms with Crippen LogP contribution < -0.4 is 10.2 Å². The number of oxazole rings is 1. The first-order valence-corrected chi connectivity index (χ1v) is 8.74. The van der Waals surface area contributed by atoms with Gasteiger partial charge in [0, 0.05) is 5.56 Å². The van der Waals surface area contributed by atoms with E-state index >= 15 is 0 Å². The van der Waals surface area contributed by atoms with Gasteiger partial charge in [-0.3, -0.25) is 9.63 Å². The molecular formula is C21H22N2O4. The molecule has 1 aromatic heterocycles. The van der Waals surface area contributed by atoms with Gasteiger partial charge in [-0.05, 0) is 37.6 Å². The molecule has 6 heteroatoms. The quantitative estimate of drug-likeness (QED) is 0.487. The van der Waals surface area contributed by atoms with Crippen molar-refractivity contribution in [1.82, 2.24) is 10.5 Å². The highest BCUT2D eigenvalue weighted by atomic mass is 16.7. The lowest BCUT2D eigenvalue weighted by atomic mass is 10.1. The zero-order chi connectivity index (χ0) is 19.1. The van der Waals surface area contributed by atoms with Gasteiger partial charge in [0.15, 0.2) is 0 Å². The van der Waals surface area contributed by atoms with Crippen LogP contribution in [-0.2, 0) is 16.1 Å². The fourth-order valence-corrected chi connectivity index (χ4v) is 2.56. The largest absolute Gasteiger partial charge is 0.491 e. The first-order valence-electron chi connectivity index (χ1n) is 8.74. The molecule has 0 saturated carbocycles. The number of ether oxygens (including phenoxy) is 1. The molecule has 0 aliphatic rings. The third-order valence-corrected chi connectivity index (χ3v) is 3.98. The molecule has 0 fully saturated rings. The molecule has 0 atom stereocenters. The number of nitrogens with zero attached hydrogens (tertiary/aromatic N) is 1. The first-order chi connectivity index (χ1) is 13.1. The van der Waals surface area contributed by atoms with Crippen LogP contribution in [0.25, 0.3) is 11.5 Å². The van der Waals surface area contributed by atoms with Crippen molar-refractivity contribution in [3.05, 3.63) is 71.6 Å². The Morgan fingerprint density at radius 2 is 1.78 bits per heavy atom. The summed E-state index contributed by atoms with van der Waals surface area (Å²) < 4.78 is 11.2. The summed E-state index contributed by atoms with van der Waals surface area (Å²) in [6.07, 6.45) is 0.0841. The fraction of sp³-hybridized carbons (Fsp3) is 0.238. The zero-order valence-electron chi connectivity index (χ0n) is 15.4. The van der Waals surface area contributed by atoms with Gasteiger partial charge in [0.1, 0.15) is 24.7 Å². The van der Waals surface area contributed by atoms with E-state index in [1.165, 1.54) is 0 Å². The van der Waals surface area contributed by atoms with Crippen LogP contribution in [0.2, 0.25) is 0 Å². The molecule has 140 valence electrons. The van der Waals surface area contributed by atoms with Gasteiger partial charge in [0.05, 0.1) is 12.1 Å². The van der Waals surface area contributed by atoms with Gasteiger partial charge in [-0.25, -0.2) is 10.5 Å². The fourth-order valence-electron chi connectivity index (χ4n) is 2.56. The molecule has 0 aliphatic heterocycles. The van der Waals surface area contributed by atoms with Crippen LogP contribution in [-0.4, -0.2) is 24.1 Å². The Kier molecular flexibility index (Phi) is 6.22. The van der Waals surface area contributed by atoms with Crippen molar-refractivity contribution in [2.24, 2.45) is 0 Å². The maximum Gasteiger partial charge on any atom is 0.249 e. The van der Waals surface area contributed by atoms with Crippen molar-refractivity contribution in [3.63, 3.8) is 0 Å². The summed E-state index contributed by atoms with van der Waals surface area (Å²) in [4.78, 5) is 21.7. The van der Waals surface area contributed by atoms with Gasteiger partial charge in [0.2, 0.25) is 11.8 Å². The molecule has 0 saturated heterocycles. The minimum atomic E-state index is -0.289. The second-order valence-electron chi connectivity index (χ2n) is 6.05. The lowest BCUT2D eigenvalue weighted by Crippen LogP contribution is -2.27. The average molecular weight is 366 g/mol. The van der Waals surface area contributed by atoms with Crippen molar-refractivity contribution in [3.8, 4) is 17.2 Å². The van der Waals surface area contributed by atoms with Crippen LogP contribution in [0, 0.1) is 13.8 Å². The summed E-state index contributed by atoms with van der Waals surface area (Å²) >= 11 is 0. The molecule has 2 aromatic carbocycles. The Bertz CT molecular complexity index is 890. The number of amides is 1. The summed E-state index contributed by atoms with van der Waals surface area (Å²) in [5.74, 6) is 1.61. The Labute approximate surface area is 158 Å². The van der Waals surface area contributed by atoms with Crippen LogP contribution in [0.1, 0.15) is 17.0 Å². The van der Waals surface area contributed by atoms with E-state index in [2.05, 4.69) is 10.5 Å². The number of carbonyl (C=O) groups is 1. The van der Waals surface area contributed by atoms with E-state index in [0.29, 0.717) is 24.0 Å². The Hall–Kier alpha value is -3.12. The lowest BCUT2D eigenvalue weighted by molar-refractivity contribution is -0.133. The highest BCUT2D eigenvalue weighted by molar-refractivity contribution is 5.77. The van der Waals surface area contributed by atoms with Gasteiger partial charge < -0.3 is 9.15 Å². The van der Waals surface area contributed by atoms with Gasteiger partial charge in [-0.15, -0.1) is 0 Å². The highest BCUT2D eigenvalue weighted by Gasteiger charge is 2.15. The maximum absolute atomic E-state index is 12.1. The normalized spacial score (nSPS) is 10.6. The van der Waals surface area contributed by atoms with Crippen LogP contribution in [0.15, 0.2) is 59.0 Å². The number of nitrogens with one attached hydrogen (secondary N) is 1. The summed E-state index contributed by atoms with van der Waals surface area (Å²) in [5, 5.41) is 0. The van der Waals surface area contributed by atoms with Gasteiger partial charge in [-0.1, -0.05) is 36.4 Å². The topological polar surface area (TPSA) is 73.6 Å². The van der Waals surface area contributed by atoms with E-state index < -0.39 is 0 Å². The molecule has 1 amide bonds. The first kappa shape index (κ1) is 18.7. The number of hydrogen-bond donors (Lipinski definition) is 1. The number of rotatable bonds is 8. The third-order valence-electron chi connectivity index (χ3n) is 3.98. The number of aryl methyl sites for hydroxylation is 2. The van der Waals surface area contributed by atoms with Crippen molar-refractivity contribution in [2.45, 2.75) is 20.3 Å². The van der Waals surface area contributed by atoms with Crippen LogP contribution in [0.4, 0.5) is 0 Å². The standard InChI is InChI=1S/C21H22N2O4/c1-15-8-6-7-11-18(15)21-22-19(16(2)27-21)14-20(24)23-26-13-12-25-17-9-4-3-5-10-17/h3-11H,12-14H2,1-2H3,(H,23,24). The SMILES string of the molecule is Cc1ccccc1-c1nc(CC(=O)NOCCOc2ccccc2)c(C)o1. The van der Waals surface area contributed by atoms with E-state index in [1.807, 2.05) is 61.5 Å². The smallest absolute Gasteiger partial charge is 0.249 e. The number of aromatic nitrogens is 1. The number of para-hydroxylation sites is 1. The third kappa shape index (κ3) is 5.18. The number of hydroxylamine groups is 1. The second kappa shape index (κ2) is 9.00. The molecule has 0 unspecified atom stereocenters. The van der Waals surface area contributed by atoms with Crippen LogP contribution >= 0.6 is 0 Å². The summed E-state index contributed by atoms with van der Waals surface area (Å²) in [6, 6.07) is 17.2. The minimum absolute atomic E-state index is 0.0841. The summed E-state index contributed by atoms with van der Waals surface area (Å²) in [6.45, 7) is 4.37.